The first-order chi connectivity index (χ1) is 15.3. The highest BCUT2D eigenvalue weighted by molar-refractivity contribution is 5.95. The third kappa shape index (κ3) is 4.62. The number of carbonyl (C=O) groups excluding carboxylic acids is 2. The van der Waals surface area contributed by atoms with E-state index in [-0.39, 0.29) is 12.1 Å². The maximum Gasteiger partial charge on any atom is 0.410 e. The zero-order valence-corrected chi connectivity index (χ0v) is 19.1. The van der Waals surface area contributed by atoms with Gasteiger partial charge in [-0.15, -0.1) is 0 Å². The van der Waals surface area contributed by atoms with Crippen LogP contribution in [0.3, 0.4) is 0 Å². The molecule has 2 aromatic rings. The number of ether oxygens (including phenoxy) is 3. The van der Waals surface area contributed by atoms with E-state index in [0.717, 1.165) is 37.3 Å². The molecule has 172 valence electrons. The maximum atomic E-state index is 12.9. The Kier molecular flexibility index (Phi) is 6.19. The summed E-state index contributed by atoms with van der Waals surface area (Å²) >= 11 is 0. The standard InChI is InChI=1S/C23H30N4O5/c1-23(2,3)32-22(29)27-7-5-6-18(27)16-12-15(21(28)30-4)13-17-20(16)25-19(14-24-17)26-8-10-31-11-9-26/h12-14,18H,5-11H2,1-4H3. The first kappa shape index (κ1) is 22.3. The molecule has 4 rings (SSSR count). The van der Waals surface area contributed by atoms with Crippen LogP contribution in [0.2, 0.25) is 0 Å². The van der Waals surface area contributed by atoms with Gasteiger partial charge in [0.15, 0.2) is 0 Å². The number of amides is 1. The second-order valence-electron chi connectivity index (χ2n) is 9.08. The molecule has 0 saturated carbocycles. The predicted molar refractivity (Wildman–Crippen MR) is 119 cm³/mol. The third-order valence-electron chi connectivity index (χ3n) is 5.66. The Bertz CT molecular complexity index is 1010. The largest absolute Gasteiger partial charge is 0.465 e. The molecule has 0 radical (unpaired) electrons. The molecule has 1 aromatic heterocycles. The SMILES string of the molecule is COC(=O)c1cc(C2CCCN2C(=O)OC(C)(C)C)c2nc(N3CCOCC3)cnc2c1. The van der Waals surface area contributed by atoms with E-state index in [2.05, 4.69) is 9.88 Å². The fourth-order valence-corrected chi connectivity index (χ4v) is 4.20. The van der Waals surface area contributed by atoms with Crippen molar-refractivity contribution in [1.82, 2.24) is 14.9 Å². The molecule has 0 N–H and O–H groups in total. The molecule has 2 fully saturated rings. The first-order valence-corrected chi connectivity index (χ1v) is 11.0. The number of nitrogens with zero attached hydrogens (tertiary/aromatic N) is 4. The Morgan fingerprint density at radius 3 is 2.59 bits per heavy atom. The van der Waals surface area contributed by atoms with Crippen LogP contribution < -0.4 is 4.90 Å². The van der Waals surface area contributed by atoms with Gasteiger partial charge in [-0.25, -0.2) is 14.6 Å². The highest BCUT2D eigenvalue weighted by Gasteiger charge is 2.35. The van der Waals surface area contributed by atoms with Gasteiger partial charge in [0.1, 0.15) is 11.4 Å². The molecule has 1 unspecified atom stereocenters. The lowest BCUT2D eigenvalue weighted by molar-refractivity contribution is 0.0225. The van der Waals surface area contributed by atoms with Gasteiger partial charge in [-0.3, -0.25) is 4.98 Å². The molecule has 2 aliphatic heterocycles. The lowest BCUT2D eigenvalue weighted by atomic mass is 9.99. The Hall–Kier alpha value is -2.94. The normalized spacial score (nSPS) is 19.3. The van der Waals surface area contributed by atoms with Crippen molar-refractivity contribution < 1.29 is 23.8 Å². The number of rotatable bonds is 3. The Balaban J connectivity index is 1.79. The van der Waals surface area contributed by atoms with Gasteiger partial charge in [0.05, 0.1) is 49.2 Å². The van der Waals surface area contributed by atoms with Crippen molar-refractivity contribution >= 4 is 28.9 Å². The molecule has 0 spiro atoms. The summed E-state index contributed by atoms with van der Waals surface area (Å²) in [5.74, 6) is 0.309. The van der Waals surface area contributed by atoms with Gasteiger partial charge in [-0.2, -0.15) is 0 Å². The molecule has 2 saturated heterocycles. The van der Waals surface area contributed by atoms with Crippen LogP contribution in [0, 0.1) is 0 Å². The van der Waals surface area contributed by atoms with Crippen molar-refractivity contribution in [3.8, 4) is 0 Å². The lowest BCUT2D eigenvalue weighted by Gasteiger charge is -2.30. The maximum absolute atomic E-state index is 12.9. The molecular formula is C23H30N4O5. The quantitative estimate of drug-likeness (QED) is 0.668. The summed E-state index contributed by atoms with van der Waals surface area (Å²) in [4.78, 5) is 38.6. The summed E-state index contributed by atoms with van der Waals surface area (Å²) in [6.07, 6.45) is 2.94. The second kappa shape index (κ2) is 8.90. The second-order valence-corrected chi connectivity index (χ2v) is 9.08. The minimum Gasteiger partial charge on any atom is -0.465 e. The van der Waals surface area contributed by atoms with E-state index in [0.29, 0.717) is 36.4 Å². The van der Waals surface area contributed by atoms with E-state index in [1.54, 1.807) is 23.2 Å². The average molecular weight is 443 g/mol. The van der Waals surface area contributed by atoms with Crippen LogP contribution in [0.25, 0.3) is 11.0 Å². The Morgan fingerprint density at radius 2 is 1.91 bits per heavy atom. The van der Waals surface area contributed by atoms with Crippen LogP contribution in [0.4, 0.5) is 10.6 Å². The number of benzene rings is 1. The van der Waals surface area contributed by atoms with Crippen LogP contribution in [0.5, 0.6) is 0 Å². The fourth-order valence-electron chi connectivity index (χ4n) is 4.20. The topological polar surface area (TPSA) is 94.1 Å². The summed E-state index contributed by atoms with van der Waals surface area (Å²) in [6.45, 7) is 8.90. The van der Waals surface area contributed by atoms with Gasteiger partial charge in [-0.1, -0.05) is 0 Å². The van der Waals surface area contributed by atoms with Crippen molar-refractivity contribution in [2.75, 3.05) is 44.9 Å². The number of hydrogen-bond acceptors (Lipinski definition) is 8. The summed E-state index contributed by atoms with van der Waals surface area (Å²) < 4.78 is 16.0. The number of anilines is 1. The lowest BCUT2D eigenvalue weighted by Crippen LogP contribution is -2.37. The zero-order valence-electron chi connectivity index (χ0n) is 19.1. The van der Waals surface area contributed by atoms with Crippen molar-refractivity contribution in [2.24, 2.45) is 0 Å². The number of aromatic nitrogens is 2. The van der Waals surface area contributed by atoms with Crippen LogP contribution in [-0.4, -0.2) is 72.5 Å². The zero-order chi connectivity index (χ0) is 22.9. The minimum atomic E-state index is -0.594. The van der Waals surface area contributed by atoms with E-state index in [1.165, 1.54) is 7.11 Å². The van der Waals surface area contributed by atoms with Gasteiger partial charge in [-0.05, 0) is 45.7 Å². The van der Waals surface area contributed by atoms with Gasteiger partial charge >= 0.3 is 12.1 Å². The van der Waals surface area contributed by atoms with Gasteiger partial charge in [0, 0.05) is 25.2 Å². The molecule has 9 nitrogen and oxygen atoms in total. The monoisotopic (exact) mass is 442 g/mol. The number of likely N-dealkylation sites (tertiary alicyclic amines) is 1. The van der Waals surface area contributed by atoms with E-state index in [9.17, 15) is 9.59 Å². The van der Waals surface area contributed by atoms with Crippen LogP contribution in [0.1, 0.15) is 55.6 Å². The molecule has 1 aromatic carbocycles. The number of carbonyl (C=O) groups is 2. The molecule has 0 bridgehead atoms. The molecule has 1 amide bonds. The number of morpholine rings is 1. The molecule has 2 aliphatic rings. The predicted octanol–water partition coefficient (Wildman–Crippen LogP) is 3.33. The summed E-state index contributed by atoms with van der Waals surface area (Å²) in [6, 6.07) is 3.21. The van der Waals surface area contributed by atoms with Crippen LogP contribution >= 0.6 is 0 Å². The number of hydrogen-bond donors (Lipinski definition) is 0. The van der Waals surface area contributed by atoms with E-state index >= 15 is 0 Å². The van der Waals surface area contributed by atoms with Crippen molar-refractivity contribution in [1.29, 1.82) is 0 Å². The van der Waals surface area contributed by atoms with E-state index in [1.807, 2.05) is 20.8 Å². The van der Waals surface area contributed by atoms with E-state index in [4.69, 9.17) is 19.2 Å². The molecule has 3 heterocycles. The van der Waals surface area contributed by atoms with Crippen molar-refractivity contribution in [2.45, 2.75) is 45.3 Å². The molecule has 0 aliphatic carbocycles. The third-order valence-corrected chi connectivity index (χ3v) is 5.66. The summed E-state index contributed by atoms with van der Waals surface area (Å²) in [7, 11) is 1.35. The highest BCUT2D eigenvalue weighted by Crippen LogP contribution is 2.37. The van der Waals surface area contributed by atoms with Gasteiger partial charge in [0.2, 0.25) is 0 Å². The summed E-state index contributed by atoms with van der Waals surface area (Å²) in [5.41, 5.74) is 1.86. The minimum absolute atomic E-state index is 0.258. The first-order valence-electron chi connectivity index (χ1n) is 11.0. The molecular weight excluding hydrogens is 412 g/mol. The van der Waals surface area contributed by atoms with E-state index < -0.39 is 11.6 Å². The average Bonchev–Trinajstić information content (AvgIpc) is 3.27. The fraction of sp³-hybridized carbons (Fsp3) is 0.565. The number of methoxy groups -OCH3 is 1. The number of esters is 1. The molecule has 32 heavy (non-hydrogen) atoms. The Morgan fingerprint density at radius 1 is 1.16 bits per heavy atom. The van der Waals surface area contributed by atoms with Crippen molar-refractivity contribution in [3.05, 3.63) is 29.5 Å². The highest BCUT2D eigenvalue weighted by atomic mass is 16.6. The smallest absolute Gasteiger partial charge is 0.410 e. The molecule has 1 atom stereocenters. The number of fused-ring (bicyclic) bond motifs is 1. The molecule has 9 heteroatoms. The van der Waals surface area contributed by atoms with Crippen molar-refractivity contribution in [3.63, 3.8) is 0 Å². The van der Waals surface area contributed by atoms with Gasteiger partial charge in [0.25, 0.3) is 0 Å². The van der Waals surface area contributed by atoms with Crippen LogP contribution in [0.15, 0.2) is 18.3 Å². The Labute approximate surface area is 187 Å². The summed E-state index contributed by atoms with van der Waals surface area (Å²) in [5, 5.41) is 0. The van der Waals surface area contributed by atoms with Gasteiger partial charge < -0.3 is 24.0 Å². The van der Waals surface area contributed by atoms with Crippen LogP contribution in [-0.2, 0) is 14.2 Å².